The first-order chi connectivity index (χ1) is 13.7. The highest BCUT2D eigenvalue weighted by atomic mass is 16.3. The highest BCUT2D eigenvalue weighted by molar-refractivity contribution is 5.82. The van der Waals surface area contributed by atoms with Gasteiger partial charge in [0.1, 0.15) is 17.7 Å². The zero-order chi connectivity index (χ0) is 19.5. The number of allylic oxidation sites excluding steroid dienone is 1. The first-order valence-corrected chi connectivity index (χ1v) is 9.60. The number of hydrogen-bond donors (Lipinski definition) is 3. The summed E-state index contributed by atoms with van der Waals surface area (Å²) in [6.45, 7) is 5.62. The maximum absolute atomic E-state index is 10.9. The van der Waals surface area contributed by atoms with Gasteiger partial charge in [-0.25, -0.2) is 4.98 Å². The normalized spacial score (nSPS) is 17.2. The Labute approximate surface area is 164 Å². The molecule has 2 heterocycles. The van der Waals surface area contributed by atoms with Crippen molar-refractivity contribution in [2.24, 2.45) is 0 Å². The number of aliphatic hydroxyl groups is 1. The van der Waals surface area contributed by atoms with Gasteiger partial charge in [0, 0.05) is 5.69 Å². The van der Waals surface area contributed by atoms with Crippen LogP contribution in [-0.4, -0.2) is 47.3 Å². The van der Waals surface area contributed by atoms with Gasteiger partial charge in [0.15, 0.2) is 11.6 Å². The quantitative estimate of drug-likeness (QED) is 0.483. The number of piperazine rings is 1. The molecule has 0 saturated carbocycles. The molecule has 4 rings (SSSR count). The number of H-pyrrole nitrogens is 1. The molecule has 2 aromatic carbocycles. The van der Waals surface area contributed by atoms with Crippen molar-refractivity contribution in [1.82, 2.24) is 9.97 Å². The predicted octanol–water partition coefficient (Wildman–Crippen LogP) is 2.15. The first-order valence-electron chi connectivity index (χ1n) is 9.60. The number of nitriles is 1. The van der Waals surface area contributed by atoms with E-state index in [-0.39, 0.29) is 17.4 Å². The van der Waals surface area contributed by atoms with Crippen LogP contribution in [0.2, 0.25) is 0 Å². The Morgan fingerprint density at radius 2 is 1.82 bits per heavy atom. The molecule has 1 atom stereocenters. The van der Waals surface area contributed by atoms with Gasteiger partial charge in [-0.15, -0.1) is 0 Å². The summed E-state index contributed by atoms with van der Waals surface area (Å²) in [6.07, 6.45) is 0. The fraction of sp³-hybridized carbons (Fsp3) is 0.273. The van der Waals surface area contributed by atoms with Crippen LogP contribution in [0.3, 0.4) is 0 Å². The van der Waals surface area contributed by atoms with E-state index < -0.39 is 0 Å². The lowest BCUT2D eigenvalue weighted by Gasteiger charge is -2.36. The van der Waals surface area contributed by atoms with E-state index in [1.807, 2.05) is 37.3 Å². The Kier molecular flexibility index (Phi) is 5.00. The summed E-state index contributed by atoms with van der Waals surface area (Å²) in [5.74, 6) is 0.528. The van der Waals surface area contributed by atoms with Crippen molar-refractivity contribution in [3.05, 3.63) is 66.2 Å². The van der Waals surface area contributed by atoms with Gasteiger partial charge in [-0.05, 0) is 31.2 Å². The second-order valence-electron chi connectivity index (χ2n) is 7.18. The monoisotopic (exact) mass is 374 g/mol. The number of fused-ring (bicyclic) bond motifs is 1. The fourth-order valence-electron chi connectivity index (χ4n) is 3.84. The lowest BCUT2D eigenvalue weighted by molar-refractivity contribution is -0.919. The van der Waals surface area contributed by atoms with Crippen molar-refractivity contribution in [2.75, 3.05) is 31.1 Å². The van der Waals surface area contributed by atoms with Gasteiger partial charge in [0.25, 0.3) is 0 Å². The smallest absolute Gasteiger partial charge is 0.172 e. The Bertz CT molecular complexity index is 993. The predicted molar refractivity (Wildman–Crippen MR) is 110 cm³/mol. The van der Waals surface area contributed by atoms with Crippen molar-refractivity contribution in [2.45, 2.75) is 13.0 Å². The molecule has 0 spiro atoms. The van der Waals surface area contributed by atoms with E-state index in [1.54, 1.807) is 0 Å². The molecule has 28 heavy (non-hydrogen) atoms. The maximum atomic E-state index is 10.9. The van der Waals surface area contributed by atoms with E-state index >= 15 is 0 Å². The zero-order valence-electron chi connectivity index (χ0n) is 15.9. The number of rotatable bonds is 4. The van der Waals surface area contributed by atoms with Crippen molar-refractivity contribution in [1.29, 1.82) is 5.26 Å². The van der Waals surface area contributed by atoms with Crippen LogP contribution in [0.5, 0.6) is 0 Å². The third-order valence-corrected chi connectivity index (χ3v) is 5.54. The van der Waals surface area contributed by atoms with Crippen molar-refractivity contribution < 1.29 is 10.0 Å². The van der Waals surface area contributed by atoms with E-state index in [2.05, 4.69) is 45.2 Å². The molecule has 6 nitrogen and oxygen atoms in total. The molecule has 0 unspecified atom stereocenters. The van der Waals surface area contributed by atoms with Gasteiger partial charge in [-0.1, -0.05) is 30.3 Å². The second kappa shape index (κ2) is 7.75. The molecule has 1 saturated heterocycles. The van der Waals surface area contributed by atoms with Gasteiger partial charge in [-0.3, -0.25) is 0 Å². The van der Waals surface area contributed by atoms with Gasteiger partial charge < -0.3 is 19.9 Å². The van der Waals surface area contributed by atoms with Crippen molar-refractivity contribution in [3.63, 3.8) is 0 Å². The summed E-state index contributed by atoms with van der Waals surface area (Å²) in [5, 5.41) is 20.5. The molecule has 142 valence electrons. The Morgan fingerprint density at radius 1 is 1.14 bits per heavy atom. The molecular weight excluding hydrogens is 350 g/mol. The van der Waals surface area contributed by atoms with Crippen LogP contribution in [0.4, 0.5) is 5.69 Å². The molecule has 1 aliphatic heterocycles. The second-order valence-corrected chi connectivity index (χ2v) is 7.18. The molecular formula is C22H24N5O+. The van der Waals surface area contributed by atoms with E-state index in [0.717, 1.165) is 37.2 Å². The van der Waals surface area contributed by atoms with Gasteiger partial charge in [-0.2, -0.15) is 5.26 Å². The lowest BCUT2D eigenvalue weighted by Crippen LogP contribution is -3.18. The number of para-hydroxylation sites is 3. The van der Waals surface area contributed by atoms with E-state index in [9.17, 15) is 10.4 Å². The van der Waals surface area contributed by atoms with Crippen LogP contribution in [0.15, 0.2) is 60.4 Å². The minimum atomic E-state index is -0.166. The van der Waals surface area contributed by atoms with Crippen molar-refractivity contribution >= 4 is 22.3 Å². The number of anilines is 1. The van der Waals surface area contributed by atoms with Gasteiger partial charge in [0.2, 0.25) is 0 Å². The van der Waals surface area contributed by atoms with E-state index in [1.165, 1.54) is 10.6 Å². The summed E-state index contributed by atoms with van der Waals surface area (Å²) in [7, 11) is 0. The van der Waals surface area contributed by atoms with E-state index in [0.29, 0.717) is 5.82 Å². The molecule has 1 aliphatic rings. The van der Waals surface area contributed by atoms with Crippen LogP contribution in [0.25, 0.3) is 16.6 Å². The SMILES string of the molecule is C[C@@H](/C(O)=C(\C#N)c1nc2ccccc2[nH]1)[NH+]1CCN(c2ccccc2)CC1. The minimum absolute atomic E-state index is 0.102. The molecule has 6 heteroatoms. The Morgan fingerprint density at radius 3 is 2.50 bits per heavy atom. The molecule has 3 N–H and O–H groups in total. The first kappa shape index (κ1) is 18.1. The number of benzene rings is 2. The number of imidazole rings is 1. The van der Waals surface area contributed by atoms with Crippen LogP contribution >= 0.6 is 0 Å². The Balaban J connectivity index is 1.51. The van der Waals surface area contributed by atoms with Crippen LogP contribution in [0, 0.1) is 11.3 Å². The molecule has 1 aromatic heterocycles. The average molecular weight is 374 g/mol. The number of aliphatic hydroxyl groups excluding tert-OH is 1. The van der Waals surface area contributed by atoms with E-state index in [4.69, 9.17) is 0 Å². The highest BCUT2D eigenvalue weighted by Crippen LogP contribution is 2.20. The topological polar surface area (TPSA) is 80.4 Å². The molecule has 1 fully saturated rings. The van der Waals surface area contributed by atoms with Gasteiger partial charge >= 0.3 is 0 Å². The standard InChI is InChI=1S/C22H23N5O/c1-16(26-11-13-27(14-12-26)17-7-3-2-4-8-17)21(28)18(15-23)22-24-19-9-5-6-10-20(19)25-22/h2-10,16,28H,11-14H2,1H3,(H,24,25)/p+1/b21-18-/t16-/m0/s1. The molecule has 0 amide bonds. The molecule has 0 aliphatic carbocycles. The van der Waals surface area contributed by atoms with Crippen LogP contribution < -0.4 is 9.80 Å². The number of nitrogens with zero attached hydrogens (tertiary/aromatic N) is 3. The summed E-state index contributed by atoms with van der Waals surface area (Å²) in [5.41, 5.74) is 3.10. The zero-order valence-corrected chi connectivity index (χ0v) is 15.9. The van der Waals surface area contributed by atoms with Crippen molar-refractivity contribution in [3.8, 4) is 6.07 Å². The number of aromatic nitrogens is 2. The maximum Gasteiger partial charge on any atom is 0.172 e. The minimum Gasteiger partial charge on any atom is -0.505 e. The Hall–Kier alpha value is -3.30. The molecule has 0 bridgehead atoms. The molecule has 0 radical (unpaired) electrons. The van der Waals surface area contributed by atoms with Gasteiger partial charge in [0.05, 0.1) is 37.2 Å². The summed E-state index contributed by atoms with van der Waals surface area (Å²) in [4.78, 5) is 11.3. The summed E-state index contributed by atoms with van der Waals surface area (Å²) in [6, 6.07) is 20.0. The number of hydrogen-bond acceptors (Lipinski definition) is 4. The number of quaternary nitrogens is 1. The van der Waals surface area contributed by atoms with Crippen LogP contribution in [0.1, 0.15) is 12.7 Å². The molecule has 3 aromatic rings. The highest BCUT2D eigenvalue weighted by Gasteiger charge is 2.29. The summed E-state index contributed by atoms with van der Waals surface area (Å²) >= 11 is 0. The van der Waals surface area contributed by atoms with Crippen LogP contribution in [-0.2, 0) is 0 Å². The number of aromatic amines is 1. The summed E-state index contributed by atoms with van der Waals surface area (Å²) < 4.78 is 0. The lowest BCUT2D eigenvalue weighted by atomic mass is 10.1. The fourth-order valence-corrected chi connectivity index (χ4v) is 3.84. The third-order valence-electron chi connectivity index (χ3n) is 5.54. The third kappa shape index (κ3) is 3.45. The number of nitrogens with one attached hydrogen (secondary N) is 2. The average Bonchev–Trinajstić information content (AvgIpc) is 3.18. The largest absolute Gasteiger partial charge is 0.505 e.